The molecule has 0 radical (unpaired) electrons. The van der Waals surface area contributed by atoms with E-state index in [1.165, 1.54) is 5.56 Å². The minimum absolute atomic E-state index is 0.0518. The second-order valence-corrected chi connectivity index (χ2v) is 6.48. The number of carbonyl (C=O) groups excluding carboxylic acids is 1. The summed E-state index contributed by atoms with van der Waals surface area (Å²) in [4.78, 5) is 12.0. The average Bonchev–Trinajstić information content (AvgIpc) is 3.27. The SMILES string of the molecule is O=C(NCC1(c2ccc(Cl)cc2)CC1)Nc1cccc(Cl)c1. The van der Waals surface area contributed by atoms with Gasteiger partial charge in [0.2, 0.25) is 0 Å². The third-order valence-corrected chi connectivity index (χ3v) is 4.47. The molecule has 1 saturated carbocycles. The molecule has 2 amide bonds. The van der Waals surface area contributed by atoms with Crippen molar-refractivity contribution in [3.05, 3.63) is 64.1 Å². The predicted molar refractivity (Wildman–Crippen MR) is 90.8 cm³/mol. The molecule has 3 nitrogen and oxygen atoms in total. The third-order valence-electron chi connectivity index (χ3n) is 3.98. The summed E-state index contributed by atoms with van der Waals surface area (Å²) in [5.41, 5.74) is 1.96. The summed E-state index contributed by atoms with van der Waals surface area (Å²) in [5.74, 6) is 0. The van der Waals surface area contributed by atoms with Crippen LogP contribution in [0.3, 0.4) is 0 Å². The van der Waals surface area contributed by atoms with Gasteiger partial charge in [-0.05, 0) is 48.7 Å². The number of amides is 2. The highest BCUT2D eigenvalue weighted by Crippen LogP contribution is 2.47. The lowest BCUT2D eigenvalue weighted by Gasteiger charge is -2.17. The van der Waals surface area contributed by atoms with Gasteiger partial charge < -0.3 is 10.6 Å². The molecule has 0 aromatic heterocycles. The first-order chi connectivity index (χ1) is 10.6. The Bertz CT molecular complexity index is 681. The number of rotatable bonds is 4. The van der Waals surface area contributed by atoms with Crippen molar-refractivity contribution in [1.82, 2.24) is 5.32 Å². The zero-order valence-corrected chi connectivity index (χ0v) is 13.4. The molecule has 5 heteroatoms. The summed E-state index contributed by atoms with van der Waals surface area (Å²) in [5, 5.41) is 7.05. The van der Waals surface area contributed by atoms with E-state index in [0.717, 1.165) is 17.9 Å². The fraction of sp³-hybridized carbons (Fsp3) is 0.235. The van der Waals surface area contributed by atoms with Crippen LogP contribution in [-0.2, 0) is 5.41 Å². The molecule has 0 bridgehead atoms. The van der Waals surface area contributed by atoms with Crippen LogP contribution in [-0.4, -0.2) is 12.6 Å². The molecule has 1 aliphatic carbocycles. The monoisotopic (exact) mass is 334 g/mol. The number of benzene rings is 2. The molecule has 1 aliphatic rings. The number of halogens is 2. The van der Waals surface area contributed by atoms with Crippen molar-refractivity contribution in [2.45, 2.75) is 18.3 Å². The molecular weight excluding hydrogens is 319 g/mol. The van der Waals surface area contributed by atoms with Gasteiger partial charge in [0.15, 0.2) is 0 Å². The molecule has 2 aromatic rings. The Balaban J connectivity index is 1.58. The first kappa shape index (κ1) is 15.2. The molecule has 1 fully saturated rings. The predicted octanol–water partition coefficient (Wildman–Crippen LogP) is 4.85. The smallest absolute Gasteiger partial charge is 0.319 e. The van der Waals surface area contributed by atoms with Crippen LogP contribution in [0.15, 0.2) is 48.5 Å². The van der Waals surface area contributed by atoms with Gasteiger partial charge in [-0.3, -0.25) is 0 Å². The van der Waals surface area contributed by atoms with Crippen molar-refractivity contribution in [3.63, 3.8) is 0 Å². The van der Waals surface area contributed by atoms with Crippen LogP contribution in [0, 0.1) is 0 Å². The fourth-order valence-electron chi connectivity index (χ4n) is 2.51. The summed E-state index contributed by atoms with van der Waals surface area (Å²) in [6.45, 7) is 0.612. The number of urea groups is 1. The molecule has 3 rings (SSSR count). The number of nitrogens with one attached hydrogen (secondary N) is 2. The highest BCUT2D eigenvalue weighted by molar-refractivity contribution is 6.31. The van der Waals surface area contributed by atoms with Crippen molar-refractivity contribution in [2.24, 2.45) is 0 Å². The maximum atomic E-state index is 12.0. The summed E-state index contributed by atoms with van der Waals surface area (Å²) in [6.07, 6.45) is 2.15. The Morgan fingerprint density at radius 1 is 1.05 bits per heavy atom. The number of carbonyl (C=O) groups is 1. The van der Waals surface area contributed by atoms with E-state index in [9.17, 15) is 4.79 Å². The van der Waals surface area contributed by atoms with Gasteiger partial charge >= 0.3 is 6.03 Å². The Hall–Kier alpha value is -1.71. The molecule has 0 saturated heterocycles. The molecule has 2 aromatic carbocycles. The van der Waals surface area contributed by atoms with Gasteiger partial charge in [0, 0.05) is 27.7 Å². The van der Waals surface area contributed by atoms with E-state index in [0.29, 0.717) is 17.3 Å². The van der Waals surface area contributed by atoms with Gasteiger partial charge in [-0.1, -0.05) is 41.4 Å². The first-order valence-corrected chi connectivity index (χ1v) is 7.89. The molecule has 0 unspecified atom stereocenters. The molecule has 2 N–H and O–H groups in total. The Morgan fingerprint density at radius 3 is 2.41 bits per heavy atom. The van der Waals surface area contributed by atoms with Crippen LogP contribution in [0.1, 0.15) is 18.4 Å². The summed E-state index contributed by atoms with van der Waals surface area (Å²) in [6, 6.07) is 14.7. The molecule has 0 aliphatic heterocycles. The number of hydrogen-bond acceptors (Lipinski definition) is 1. The second kappa shape index (κ2) is 6.19. The fourth-order valence-corrected chi connectivity index (χ4v) is 2.83. The van der Waals surface area contributed by atoms with Gasteiger partial charge in [-0.25, -0.2) is 4.79 Å². The topological polar surface area (TPSA) is 41.1 Å². The first-order valence-electron chi connectivity index (χ1n) is 7.14. The zero-order chi connectivity index (χ0) is 15.6. The highest BCUT2D eigenvalue weighted by Gasteiger charge is 2.44. The minimum atomic E-state index is -0.220. The van der Waals surface area contributed by atoms with Crippen molar-refractivity contribution < 1.29 is 4.79 Å². The van der Waals surface area contributed by atoms with Gasteiger partial charge in [0.25, 0.3) is 0 Å². The lowest BCUT2D eigenvalue weighted by atomic mass is 9.96. The highest BCUT2D eigenvalue weighted by atomic mass is 35.5. The molecule has 0 heterocycles. The number of hydrogen-bond donors (Lipinski definition) is 2. The normalized spacial score (nSPS) is 15.2. The van der Waals surface area contributed by atoms with E-state index in [1.807, 2.05) is 24.3 Å². The van der Waals surface area contributed by atoms with Gasteiger partial charge in [0.1, 0.15) is 0 Å². The lowest BCUT2D eigenvalue weighted by Crippen LogP contribution is -2.35. The van der Waals surface area contributed by atoms with E-state index in [2.05, 4.69) is 10.6 Å². The van der Waals surface area contributed by atoms with Gasteiger partial charge in [0.05, 0.1) is 0 Å². The van der Waals surface area contributed by atoms with Crippen molar-refractivity contribution in [2.75, 3.05) is 11.9 Å². The van der Waals surface area contributed by atoms with Crippen LogP contribution in [0.25, 0.3) is 0 Å². The maximum absolute atomic E-state index is 12.0. The summed E-state index contributed by atoms with van der Waals surface area (Å²) < 4.78 is 0. The van der Waals surface area contributed by atoms with Gasteiger partial charge in [-0.15, -0.1) is 0 Å². The number of anilines is 1. The van der Waals surface area contributed by atoms with E-state index in [-0.39, 0.29) is 11.4 Å². The Kier molecular flexibility index (Phi) is 4.27. The van der Waals surface area contributed by atoms with Crippen LogP contribution in [0.5, 0.6) is 0 Å². The Labute approximate surface area is 139 Å². The standard InChI is InChI=1S/C17H16Cl2N2O/c18-13-6-4-12(5-7-13)17(8-9-17)11-20-16(22)21-15-3-1-2-14(19)10-15/h1-7,10H,8-9,11H2,(H2,20,21,22). The van der Waals surface area contributed by atoms with Crippen LogP contribution in [0.2, 0.25) is 10.0 Å². The van der Waals surface area contributed by atoms with Crippen LogP contribution in [0.4, 0.5) is 10.5 Å². The largest absolute Gasteiger partial charge is 0.337 e. The molecule has 0 atom stereocenters. The van der Waals surface area contributed by atoms with E-state index >= 15 is 0 Å². The summed E-state index contributed by atoms with van der Waals surface area (Å²) >= 11 is 11.8. The van der Waals surface area contributed by atoms with E-state index in [1.54, 1.807) is 24.3 Å². The van der Waals surface area contributed by atoms with Crippen molar-refractivity contribution in [3.8, 4) is 0 Å². The quantitative estimate of drug-likeness (QED) is 0.824. The average molecular weight is 335 g/mol. The molecule has 22 heavy (non-hydrogen) atoms. The van der Waals surface area contributed by atoms with E-state index in [4.69, 9.17) is 23.2 Å². The van der Waals surface area contributed by atoms with Gasteiger partial charge in [-0.2, -0.15) is 0 Å². The minimum Gasteiger partial charge on any atom is -0.337 e. The van der Waals surface area contributed by atoms with Crippen LogP contribution < -0.4 is 10.6 Å². The third kappa shape index (κ3) is 3.54. The maximum Gasteiger partial charge on any atom is 0.319 e. The molecular formula is C17H16Cl2N2O. The second-order valence-electron chi connectivity index (χ2n) is 5.61. The Morgan fingerprint density at radius 2 is 1.77 bits per heavy atom. The summed E-state index contributed by atoms with van der Waals surface area (Å²) in [7, 11) is 0. The van der Waals surface area contributed by atoms with Crippen molar-refractivity contribution in [1.29, 1.82) is 0 Å². The molecule has 0 spiro atoms. The van der Waals surface area contributed by atoms with Crippen LogP contribution >= 0.6 is 23.2 Å². The zero-order valence-electron chi connectivity index (χ0n) is 11.9. The van der Waals surface area contributed by atoms with E-state index < -0.39 is 0 Å². The lowest BCUT2D eigenvalue weighted by molar-refractivity contribution is 0.251. The van der Waals surface area contributed by atoms with Crippen molar-refractivity contribution >= 4 is 34.9 Å². The molecule has 114 valence electrons.